The fraction of sp³-hybridized carbons (Fsp3) is 0.333. The molecule has 0 aliphatic carbocycles. The van der Waals surface area contributed by atoms with Crippen LogP contribution in [0.5, 0.6) is 0 Å². The number of piperidine rings is 1. The highest BCUT2D eigenvalue weighted by atomic mass is 16.2. The van der Waals surface area contributed by atoms with Crippen molar-refractivity contribution in [1.29, 1.82) is 0 Å². The van der Waals surface area contributed by atoms with Gasteiger partial charge in [-0.15, -0.1) is 0 Å². The van der Waals surface area contributed by atoms with Crippen LogP contribution >= 0.6 is 0 Å². The molecule has 1 saturated heterocycles. The summed E-state index contributed by atoms with van der Waals surface area (Å²) < 4.78 is 0. The van der Waals surface area contributed by atoms with Gasteiger partial charge in [-0.2, -0.15) is 0 Å². The number of rotatable bonds is 4. The van der Waals surface area contributed by atoms with E-state index in [1.54, 1.807) is 19.4 Å². The summed E-state index contributed by atoms with van der Waals surface area (Å²) >= 11 is 0. The highest BCUT2D eigenvalue weighted by Gasteiger charge is 2.29. The average molecular weight is 386 g/mol. The second-order valence-electron chi connectivity index (χ2n) is 7.91. The van der Waals surface area contributed by atoms with Crippen molar-refractivity contribution < 1.29 is 4.79 Å². The van der Waals surface area contributed by atoms with Crippen molar-refractivity contribution in [3.8, 4) is 0 Å². The topological polar surface area (TPSA) is 58.5 Å². The second-order valence-corrected chi connectivity index (χ2v) is 7.91. The molecule has 3 heterocycles. The van der Waals surface area contributed by atoms with E-state index in [0.29, 0.717) is 18.3 Å². The molecule has 4 rings (SSSR count). The van der Waals surface area contributed by atoms with E-state index in [9.17, 15) is 4.79 Å². The van der Waals surface area contributed by atoms with Gasteiger partial charge in [-0.05, 0) is 35.6 Å². The molecule has 2 aromatic heterocycles. The van der Waals surface area contributed by atoms with E-state index < -0.39 is 0 Å². The summed E-state index contributed by atoms with van der Waals surface area (Å²) in [5, 5.41) is 1.16. The number of aromatic nitrogens is 2. The smallest absolute Gasteiger partial charge is 0.227 e. The Kier molecular flexibility index (Phi) is 5.65. The maximum absolute atomic E-state index is 13.0. The van der Waals surface area contributed by atoms with Crippen LogP contribution < -0.4 is 0 Å². The number of hydrogen-bond acceptors (Lipinski definition) is 4. The lowest BCUT2D eigenvalue weighted by Crippen LogP contribution is -2.43. The van der Waals surface area contributed by atoms with Crippen LogP contribution in [0.3, 0.4) is 0 Å². The van der Waals surface area contributed by atoms with Gasteiger partial charge in [0.15, 0.2) is 0 Å². The fourth-order valence-electron chi connectivity index (χ4n) is 4.39. The largest absolute Gasteiger partial charge is 0.342 e. The molecule has 0 N–H and O–H groups in total. The average Bonchev–Trinajstić information content (AvgIpc) is 2.74. The highest BCUT2D eigenvalue weighted by molar-refractivity contribution is 5.99. The molecular weight excluding hydrogens is 360 g/mol. The van der Waals surface area contributed by atoms with Crippen LogP contribution in [0.25, 0.3) is 10.9 Å². The van der Waals surface area contributed by atoms with Crippen LogP contribution in [0.1, 0.15) is 36.0 Å². The Hall–Kier alpha value is -3.08. The van der Waals surface area contributed by atoms with Gasteiger partial charge >= 0.3 is 0 Å². The standard InChI is InChI=1S/C24H26N4O/c1-17-11-20(16-28(15-17)23(29)12-18-5-3-9-26-13-18)21-8-7-19(14-25-2)24-22(21)6-4-10-27-24/h3-10,13-14,17,20H,11-12,15-16H2,1-2H3/b25-14+/t17-,20+/m1/s1. The van der Waals surface area contributed by atoms with Gasteiger partial charge in [-0.1, -0.05) is 31.2 Å². The van der Waals surface area contributed by atoms with Crippen LogP contribution in [0.4, 0.5) is 0 Å². The Morgan fingerprint density at radius 3 is 2.86 bits per heavy atom. The summed E-state index contributed by atoms with van der Waals surface area (Å²) in [6.07, 6.45) is 8.66. The number of carbonyl (C=O) groups excluding carboxylic acids is 1. The van der Waals surface area contributed by atoms with Crippen LogP contribution in [0, 0.1) is 5.92 Å². The minimum absolute atomic E-state index is 0.173. The molecule has 5 heteroatoms. The van der Waals surface area contributed by atoms with Crippen molar-refractivity contribution in [2.24, 2.45) is 10.9 Å². The van der Waals surface area contributed by atoms with Gasteiger partial charge in [-0.3, -0.25) is 19.8 Å². The number of benzene rings is 1. The predicted molar refractivity (Wildman–Crippen MR) is 116 cm³/mol. The Labute approximate surface area is 171 Å². The monoisotopic (exact) mass is 386 g/mol. The highest BCUT2D eigenvalue weighted by Crippen LogP contribution is 2.34. The predicted octanol–water partition coefficient (Wildman–Crippen LogP) is 3.87. The van der Waals surface area contributed by atoms with Crippen LogP contribution in [-0.2, 0) is 11.2 Å². The third kappa shape index (κ3) is 4.19. The maximum atomic E-state index is 13.0. The number of aliphatic imine (C=N–C) groups is 1. The van der Waals surface area contributed by atoms with Crippen molar-refractivity contribution in [3.05, 3.63) is 71.7 Å². The van der Waals surface area contributed by atoms with E-state index in [0.717, 1.165) is 41.5 Å². The summed E-state index contributed by atoms with van der Waals surface area (Å²) in [5.41, 5.74) is 4.24. The quantitative estimate of drug-likeness (QED) is 0.640. The number of hydrogen-bond donors (Lipinski definition) is 0. The van der Waals surface area contributed by atoms with E-state index in [1.165, 1.54) is 5.56 Å². The molecule has 3 aromatic rings. The van der Waals surface area contributed by atoms with E-state index in [4.69, 9.17) is 0 Å². The third-order valence-corrected chi connectivity index (χ3v) is 5.63. The number of amides is 1. The normalized spacial score (nSPS) is 19.7. The summed E-state index contributed by atoms with van der Waals surface area (Å²) in [7, 11) is 1.78. The third-order valence-electron chi connectivity index (χ3n) is 5.63. The first-order valence-corrected chi connectivity index (χ1v) is 10.1. The summed E-state index contributed by atoms with van der Waals surface area (Å²) in [6.45, 7) is 3.79. The molecule has 0 radical (unpaired) electrons. The summed E-state index contributed by atoms with van der Waals surface area (Å²) in [6, 6.07) is 12.2. The van der Waals surface area contributed by atoms with Crippen LogP contribution in [-0.4, -0.2) is 47.1 Å². The molecule has 148 valence electrons. The zero-order valence-corrected chi connectivity index (χ0v) is 17.0. The Bertz CT molecular complexity index is 1030. The molecule has 1 aliphatic heterocycles. The Morgan fingerprint density at radius 2 is 2.07 bits per heavy atom. The first kappa shape index (κ1) is 19.2. The molecule has 0 unspecified atom stereocenters. The molecule has 5 nitrogen and oxygen atoms in total. The van der Waals surface area contributed by atoms with E-state index in [2.05, 4.69) is 40.1 Å². The van der Waals surface area contributed by atoms with Gasteiger partial charge in [0, 0.05) is 61.8 Å². The molecule has 1 fully saturated rings. The Balaban J connectivity index is 1.62. The molecule has 1 aromatic carbocycles. The molecule has 1 aliphatic rings. The SMILES string of the molecule is C/N=C/c1ccc([C@H]2C[C@@H](C)CN(C(=O)Cc3cccnc3)C2)c2cccnc12. The minimum Gasteiger partial charge on any atom is -0.342 e. The van der Waals surface area contributed by atoms with Gasteiger partial charge < -0.3 is 4.90 Å². The maximum Gasteiger partial charge on any atom is 0.227 e. The van der Waals surface area contributed by atoms with Crippen molar-refractivity contribution in [2.75, 3.05) is 20.1 Å². The van der Waals surface area contributed by atoms with Gasteiger partial charge in [0.1, 0.15) is 0 Å². The van der Waals surface area contributed by atoms with E-state index in [-0.39, 0.29) is 5.91 Å². The number of pyridine rings is 2. The number of likely N-dealkylation sites (tertiary alicyclic amines) is 1. The molecule has 0 spiro atoms. The van der Waals surface area contributed by atoms with Crippen molar-refractivity contribution in [1.82, 2.24) is 14.9 Å². The summed E-state index contributed by atoms with van der Waals surface area (Å²) in [5.74, 6) is 0.929. The number of carbonyl (C=O) groups is 1. The van der Waals surface area contributed by atoms with Crippen LogP contribution in [0.15, 0.2) is 60.0 Å². The van der Waals surface area contributed by atoms with E-state index >= 15 is 0 Å². The van der Waals surface area contributed by atoms with Crippen molar-refractivity contribution >= 4 is 23.0 Å². The minimum atomic E-state index is 0.173. The molecule has 29 heavy (non-hydrogen) atoms. The molecule has 2 atom stereocenters. The number of fused-ring (bicyclic) bond motifs is 1. The van der Waals surface area contributed by atoms with Gasteiger partial charge in [0.25, 0.3) is 0 Å². The molecule has 0 bridgehead atoms. The zero-order chi connectivity index (χ0) is 20.2. The lowest BCUT2D eigenvalue weighted by molar-refractivity contribution is -0.132. The van der Waals surface area contributed by atoms with E-state index in [1.807, 2.05) is 35.5 Å². The zero-order valence-electron chi connectivity index (χ0n) is 17.0. The summed E-state index contributed by atoms with van der Waals surface area (Å²) in [4.78, 5) is 27.9. The second kappa shape index (κ2) is 8.52. The molecule has 0 saturated carbocycles. The van der Waals surface area contributed by atoms with Gasteiger partial charge in [0.05, 0.1) is 11.9 Å². The van der Waals surface area contributed by atoms with Gasteiger partial charge in [0.2, 0.25) is 5.91 Å². The lowest BCUT2D eigenvalue weighted by atomic mass is 9.83. The first-order valence-electron chi connectivity index (χ1n) is 10.1. The van der Waals surface area contributed by atoms with Crippen molar-refractivity contribution in [3.63, 3.8) is 0 Å². The molecule has 1 amide bonds. The van der Waals surface area contributed by atoms with Crippen LogP contribution in [0.2, 0.25) is 0 Å². The fourth-order valence-corrected chi connectivity index (χ4v) is 4.39. The lowest BCUT2D eigenvalue weighted by Gasteiger charge is -2.37. The first-order chi connectivity index (χ1) is 14.2. The Morgan fingerprint density at radius 1 is 1.21 bits per heavy atom. The van der Waals surface area contributed by atoms with Crippen molar-refractivity contribution in [2.45, 2.75) is 25.7 Å². The van der Waals surface area contributed by atoms with Gasteiger partial charge in [-0.25, -0.2) is 0 Å². The number of nitrogens with zero attached hydrogens (tertiary/aromatic N) is 4. The molecular formula is C24H26N4O.